The Morgan fingerprint density at radius 2 is 1.69 bits per heavy atom. The number of halogens is 1. The number of ether oxygens (including phenoxy) is 2. The standard InChI is InChI=1S/C17H16FNO6S/c18-12-1-3-13(4-2-12)25-14-5-7-15(8-6-14)26(22,23)19-17(16(20)21)9-10-24-11-17/h1-8,19H,9-11H2,(H,20,21). The van der Waals surface area contributed by atoms with Crippen LogP contribution in [0.25, 0.3) is 0 Å². The molecule has 0 aromatic heterocycles. The molecule has 0 bridgehead atoms. The van der Waals surface area contributed by atoms with Gasteiger partial charge in [-0.25, -0.2) is 12.8 Å². The molecule has 0 spiro atoms. The molecule has 1 aliphatic rings. The smallest absolute Gasteiger partial charge is 0.327 e. The van der Waals surface area contributed by atoms with Gasteiger partial charge < -0.3 is 14.6 Å². The first kappa shape index (κ1) is 18.3. The number of carboxylic acids is 1. The zero-order valence-electron chi connectivity index (χ0n) is 13.5. The van der Waals surface area contributed by atoms with Crippen molar-refractivity contribution in [2.45, 2.75) is 16.9 Å². The summed E-state index contributed by atoms with van der Waals surface area (Å²) in [7, 11) is -4.06. The van der Waals surface area contributed by atoms with Crippen LogP contribution in [0.15, 0.2) is 53.4 Å². The van der Waals surface area contributed by atoms with Crippen LogP contribution in [0.5, 0.6) is 11.5 Å². The zero-order valence-corrected chi connectivity index (χ0v) is 14.3. The van der Waals surface area contributed by atoms with Gasteiger partial charge >= 0.3 is 5.97 Å². The molecule has 1 saturated heterocycles. The van der Waals surface area contributed by atoms with Crippen LogP contribution >= 0.6 is 0 Å². The maximum atomic E-state index is 12.9. The number of benzene rings is 2. The summed E-state index contributed by atoms with van der Waals surface area (Å²) in [6.45, 7) is -0.0629. The number of hydrogen-bond acceptors (Lipinski definition) is 5. The number of hydrogen-bond donors (Lipinski definition) is 2. The summed E-state index contributed by atoms with van der Waals surface area (Å²) in [5.74, 6) is -0.927. The van der Waals surface area contributed by atoms with Crippen molar-refractivity contribution in [3.63, 3.8) is 0 Å². The van der Waals surface area contributed by atoms with Crippen molar-refractivity contribution in [2.24, 2.45) is 0 Å². The molecule has 1 atom stereocenters. The molecule has 0 amide bonds. The normalized spacial score (nSPS) is 20.0. The second-order valence-corrected chi connectivity index (χ2v) is 7.51. The highest BCUT2D eigenvalue weighted by Crippen LogP contribution is 2.25. The SMILES string of the molecule is O=C(O)C1(NS(=O)(=O)c2ccc(Oc3ccc(F)cc3)cc2)CCOC1. The van der Waals surface area contributed by atoms with Gasteiger partial charge in [-0.05, 0) is 48.5 Å². The van der Waals surface area contributed by atoms with Gasteiger partial charge in [-0.2, -0.15) is 4.72 Å². The summed E-state index contributed by atoms with van der Waals surface area (Å²) in [5.41, 5.74) is -1.66. The number of aliphatic carboxylic acids is 1. The van der Waals surface area contributed by atoms with Gasteiger partial charge in [-0.15, -0.1) is 0 Å². The minimum Gasteiger partial charge on any atom is -0.480 e. The van der Waals surface area contributed by atoms with Gasteiger partial charge in [-0.3, -0.25) is 4.79 Å². The molecule has 3 rings (SSSR count). The van der Waals surface area contributed by atoms with Crippen molar-refractivity contribution >= 4 is 16.0 Å². The lowest BCUT2D eigenvalue weighted by atomic mass is 10.0. The Bertz CT molecular complexity index is 890. The van der Waals surface area contributed by atoms with Crippen LogP contribution in [0, 0.1) is 5.82 Å². The summed E-state index contributed by atoms with van der Waals surface area (Å²) in [4.78, 5) is 11.4. The van der Waals surface area contributed by atoms with E-state index in [4.69, 9.17) is 9.47 Å². The highest BCUT2D eigenvalue weighted by Gasteiger charge is 2.46. The Hall–Kier alpha value is -2.49. The molecule has 26 heavy (non-hydrogen) atoms. The fourth-order valence-corrected chi connectivity index (χ4v) is 3.87. The van der Waals surface area contributed by atoms with Crippen molar-refractivity contribution in [3.05, 3.63) is 54.3 Å². The van der Waals surface area contributed by atoms with Crippen LogP contribution in [0.1, 0.15) is 6.42 Å². The molecule has 2 N–H and O–H groups in total. The van der Waals surface area contributed by atoms with Crippen LogP contribution in [0.3, 0.4) is 0 Å². The Morgan fingerprint density at radius 1 is 1.12 bits per heavy atom. The predicted octanol–water partition coefficient (Wildman–Crippen LogP) is 2.14. The summed E-state index contributed by atoms with van der Waals surface area (Å²) in [6, 6.07) is 10.8. The molecule has 2 aromatic rings. The quantitative estimate of drug-likeness (QED) is 0.795. The molecule has 0 saturated carbocycles. The highest BCUT2D eigenvalue weighted by molar-refractivity contribution is 7.89. The van der Waals surface area contributed by atoms with Crippen LogP contribution in [0.2, 0.25) is 0 Å². The highest BCUT2D eigenvalue weighted by atomic mass is 32.2. The maximum absolute atomic E-state index is 12.9. The molecule has 0 radical (unpaired) electrons. The average Bonchev–Trinajstić information content (AvgIpc) is 3.07. The predicted molar refractivity (Wildman–Crippen MR) is 89.0 cm³/mol. The van der Waals surface area contributed by atoms with Crippen LogP contribution in [0.4, 0.5) is 4.39 Å². The lowest BCUT2D eigenvalue weighted by Gasteiger charge is -2.23. The lowest BCUT2D eigenvalue weighted by molar-refractivity contribution is -0.144. The van der Waals surface area contributed by atoms with Crippen LogP contribution in [-0.2, 0) is 19.6 Å². The first-order valence-corrected chi connectivity index (χ1v) is 9.18. The average molecular weight is 381 g/mol. The molecule has 1 heterocycles. The third-order valence-electron chi connectivity index (χ3n) is 3.94. The molecular weight excluding hydrogens is 365 g/mol. The van der Waals surface area contributed by atoms with E-state index in [9.17, 15) is 22.7 Å². The number of carbonyl (C=O) groups is 1. The van der Waals surface area contributed by atoms with E-state index >= 15 is 0 Å². The molecule has 1 fully saturated rings. The van der Waals surface area contributed by atoms with Crippen molar-refractivity contribution < 1.29 is 32.2 Å². The van der Waals surface area contributed by atoms with E-state index < -0.39 is 27.3 Å². The van der Waals surface area contributed by atoms with Gasteiger partial charge in [-0.1, -0.05) is 0 Å². The molecule has 7 nitrogen and oxygen atoms in total. The summed E-state index contributed by atoms with van der Waals surface area (Å²) >= 11 is 0. The van der Waals surface area contributed by atoms with Gasteiger partial charge in [0.25, 0.3) is 0 Å². The Labute approximate surface area is 149 Å². The largest absolute Gasteiger partial charge is 0.480 e. The van der Waals surface area contributed by atoms with E-state index in [1.165, 1.54) is 48.5 Å². The second-order valence-electron chi connectivity index (χ2n) is 5.82. The van der Waals surface area contributed by atoms with Crippen LogP contribution < -0.4 is 9.46 Å². The number of rotatable bonds is 6. The topological polar surface area (TPSA) is 102 Å². The van der Waals surface area contributed by atoms with Gasteiger partial charge in [0, 0.05) is 13.0 Å². The van der Waals surface area contributed by atoms with E-state index in [-0.39, 0.29) is 24.5 Å². The van der Waals surface area contributed by atoms with Gasteiger partial charge in [0.15, 0.2) is 5.54 Å². The lowest BCUT2D eigenvalue weighted by Crippen LogP contribution is -2.54. The van der Waals surface area contributed by atoms with Crippen LogP contribution in [-0.4, -0.2) is 38.2 Å². The molecule has 2 aromatic carbocycles. The number of sulfonamides is 1. The molecule has 9 heteroatoms. The van der Waals surface area contributed by atoms with Crippen molar-refractivity contribution in [1.82, 2.24) is 4.72 Å². The fraction of sp³-hybridized carbons (Fsp3) is 0.235. The fourth-order valence-electron chi connectivity index (χ4n) is 2.50. The minimum atomic E-state index is -4.06. The zero-order chi connectivity index (χ0) is 18.8. The van der Waals surface area contributed by atoms with Crippen molar-refractivity contribution in [3.8, 4) is 11.5 Å². The minimum absolute atomic E-state index is 0.0489. The Morgan fingerprint density at radius 3 is 2.19 bits per heavy atom. The van der Waals surface area contributed by atoms with E-state index in [0.717, 1.165) is 0 Å². The van der Waals surface area contributed by atoms with Crippen molar-refractivity contribution in [2.75, 3.05) is 13.2 Å². The maximum Gasteiger partial charge on any atom is 0.327 e. The van der Waals surface area contributed by atoms with Gasteiger partial charge in [0.2, 0.25) is 10.0 Å². The molecule has 138 valence electrons. The van der Waals surface area contributed by atoms with E-state index in [1.54, 1.807) is 0 Å². The first-order valence-electron chi connectivity index (χ1n) is 7.69. The Kier molecular flexibility index (Phi) is 4.94. The monoisotopic (exact) mass is 381 g/mol. The summed E-state index contributed by atoms with van der Waals surface area (Å²) in [5, 5.41) is 9.35. The van der Waals surface area contributed by atoms with Gasteiger partial charge in [0.05, 0.1) is 11.5 Å². The number of carboxylic acid groups (broad SMARTS) is 1. The molecular formula is C17H16FNO6S. The first-order chi connectivity index (χ1) is 12.3. The molecule has 1 aliphatic heterocycles. The third kappa shape index (κ3) is 3.85. The summed E-state index contributed by atoms with van der Waals surface area (Å²) < 4.78 is 50.6. The van der Waals surface area contributed by atoms with E-state index in [0.29, 0.717) is 11.5 Å². The van der Waals surface area contributed by atoms with E-state index in [2.05, 4.69) is 4.72 Å². The van der Waals surface area contributed by atoms with Crippen molar-refractivity contribution in [1.29, 1.82) is 0 Å². The Balaban J connectivity index is 1.76. The van der Waals surface area contributed by atoms with Gasteiger partial charge in [0.1, 0.15) is 17.3 Å². The molecule has 1 unspecified atom stereocenters. The summed E-state index contributed by atoms with van der Waals surface area (Å²) in [6.07, 6.45) is 0.0489. The van der Waals surface area contributed by atoms with E-state index in [1.807, 2.05) is 0 Å². The number of nitrogens with one attached hydrogen (secondary N) is 1. The molecule has 0 aliphatic carbocycles. The third-order valence-corrected chi connectivity index (χ3v) is 5.50. The second kappa shape index (κ2) is 7.02.